The molecular weight excluding hydrogens is 172 g/mol. The van der Waals surface area contributed by atoms with Crippen LogP contribution in [0.3, 0.4) is 0 Å². The minimum atomic E-state index is 0.557. The molecule has 0 spiro atoms. The van der Waals surface area contributed by atoms with Crippen molar-refractivity contribution in [3.05, 3.63) is 30.1 Å². The van der Waals surface area contributed by atoms with E-state index in [9.17, 15) is 0 Å². The molecule has 0 aliphatic rings. The van der Waals surface area contributed by atoms with E-state index in [4.69, 9.17) is 0 Å². The predicted octanol–water partition coefficient (Wildman–Crippen LogP) is 2.61. The summed E-state index contributed by atoms with van der Waals surface area (Å²) in [6, 6.07) is 6.58. The van der Waals surface area contributed by atoms with Crippen molar-refractivity contribution in [1.82, 2.24) is 10.3 Å². The number of rotatable bonds is 5. The molecule has 0 amide bonds. The third kappa shape index (κ3) is 3.46. The predicted molar refractivity (Wildman–Crippen MR) is 60.0 cm³/mol. The normalized spacial score (nSPS) is 15.1. The molecule has 0 bridgehead atoms. The Kier molecular flexibility index (Phi) is 4.60. The largest absolute Gasteiger partial charge is 0.308 e. The van der Waals surface area contributed by atoms with Crippen LogP contribution in [0.1, 0.15) is 32.9 Å². The van der Waals surface area contributed by atoms with Gasteiger partial charge in [0, 0.05) is 18.8 Å². The first-order valence-corrected chi connectivity index (χ1v) is 5.37. The zero-order valence-corrected chi connectivity index (χ0v) is 9.33. The Morgan fingerprint density at radius 2 is 2.14 bits per heavy atom. The molecule has 0 aliphatic carbocycles. The smallest absolute Gasteiger partial charge is 0.0541 e. The van der Waals surface area contributed by atoms with Crippen LogP contribution in [0, 0.1) is 5.92 Å². The van der Waals surface area contributed by atoms with Crippen LogP contribution in [0.4, 0.5) is 0 Å². The fraction of sp³-hybridized carbons (Fsp3) is 0.583. The van der Waals surface area contributed by atoms with Crippen LogP contribution < -0.4 is 5.32 Å². The lowest BCUT2D eigenvalue weighted by Gasteiger charge is -2.19. The average Bonchev–Trinajstić information content (AvgIpc) is 2.26. The molecule has 1 aromatic rings. The maximum absolute atomic E-state index is 4.27. The molecule has 0 fully saturated rings. The van der Waals surface area contributed by atoms with Crippen LogP contribution in [0.2, 0.25) is 0 Å². The summed E-state index contributed by atoms with van der Waals surface area (Å²) < 4.78 is 0. The molecule has 1 rings (SSSR count). The second-order valence-electron chi connectivity index (χ2n) is 3.88. The summed E-state index contributed by atoms with van der Waals surface area (Å²) in [5, 5.41) is 3.49. The molecule has 1 aromatic heterocycles. The van der Waals surface area contributed by atoms with Crippen molar-refractivity contribution in [2.45, 2.75) is 39.8 Å². The van der Waals surface area contributed by atoms with E-state index < -0.39 is 0 Å². The number of aromatic nitrogens is 1. The molecule has 2 heteroatoms. The van der Waals surface area contributed by atoms with Crippen LogP contribution in [0.25, 0.3) is 0 Å². The molecule has 0 aliphatic heterocycles. The summed E-state index contributed by atoms with van der Waals surface area (Å²) in [6.45, 7) is 7.60. The Morgan fingerprint density at radius 1 is 1.36 bits per heavy atom. The van der Waals surface area contributed by atoms with Crippen LogP contribution in [0.5, 0.6) is 0 Å². The molecule has 0 saturated heterocycles. The lowest BCUT2D eigenvalue weighted by molar-refractivity contribution is 0.388. The fourth-order valence-electron chi connectivity index (χ4n) is 1.32. The van der Waals surface area contributed by atoms with E-state index in [1.165, 1.54) is 6.42 Å². The molecule has 2 unspecified atom stereocenters. The Bertz CT molecular complexity index is 246. The van der Waals surface area contributed by atoms with Gasteiger partial charge in [-0.3, -0.25) is 4.98 Å². The third-order valence-corrected chi connectivity index (χ3v) is 2.83. The number of nitrogens with zero attached hydrogens (tertiary/aromatic N) is 1. The fourth-order valence-corrected chi connectivity index (χ4v) is 1.32. The first-order valence-electron chi connectivity index (χ1n) is 5.37. The number of hydrogen-bond acceptors (Lipinski definition) is 2. The van der Waals surface area contributed by atoms with Gasteiger partial charge in [-0.2, -0.15) is 0 Å². The van der Waals surface area contributed by atoms with Crippen LogP contribution in [-0.2, 0) is 6.54 Å². The number of pyridine rings is 1. The summed E-state index contributed by atoms with van der Waals surface area (Å²) in [5.41, 5.74) is 1.11. The summed E-state index contributed by atoms with van der Waals surface area (Å²) in [7, 11) is 0. The van der Waals surface area contributed by atoms with Crippen molar-refractivity contribution in [2.75, 3.05) is 0 Å². The molecule has 1 heterocycles. The van der Waals surface area contributed by atoms with Crippen LogP contribution in [-0.4, -0.2) is 11.0 Å². The van der Waals surface area contributed by atoms with Crippen molar-refractivity contribution >= 4 is 0 Å². The van der Waals surface area contributed by atoms with Crippen molar-refractivity contribution < 1.29 is 0 Å². The molecule has 1 N–H and O–H groups in total. The molecule has 14 heavy (non-hydrogen) atoms. The quantitative estimate of drug-likeness (QED) is 0.775. The second kappa shape index (κ2) is 5.76. The maximum atomic E-state index is 4.27. The molecule has 0 saturated carbocycles. The van der Waals surface area contributed by atoms with Crippen molar-refractivity contribution in [3.63, 3.8) is 0 Å². The average molecular weight is 192 g/mol. The first kappa shape index (κ1) is 11.2. The van der Waals surface area contributed by atoms with Crippen molar-refractivity contribution in [3.8, 4) is 0 Å². The molecule has 0 aromatic carbocycles. The van der Waals surface area contributed by atoms with Gasteiger partial charge in [-0.25, -0.2) is 0 Å². The van der Waals surface area contributed by atoms with Gasteiger partial charge in [-0.15, -0.1) is 0 Å². The zero-order valence-electron chi connectivity index (χ0n) is 9.33. The minimum Gasteiger partial charge on any atom is -0.308 e. The molecule has 78 valence electrons. The van der Waals surface area contributed by atoms with Gasteiger partial charge in [0.05, 0.1) is 5.69 Å². The van der Waals surface area contributed by atoms with E-state index in [2.05, 4.69) is 37.1 Å². The van der Waals surface area contributed by atoms with Crippen molar-refractivity contribution in [2.24, 2.45) is 5.92 Å². The van der Waals surface area contributed by atoms with Gasteiger partial charge in [-0.05, 0) is 25.0 Å². The zero-order chi connectivity index (χ0) is 10.4. The number of nitrogens with one attached hydrogen (secondary N) is 1. The lowest BCUT2D eigenvalue weighted by atomic mass is 10.0. The third-order valence-electron chi connectivity index (χ3n) is 2.83. The van der Waals surface area contributed by atoms with Gasteiger partial charge in [0.2, 0.25) is 0 Å². The van der Waals surface area contributed by atoms with E-state index in [0.717, 1.165) is 18.2 Å². The Morgan fingerprint density at radius 3 is 2.71 bits per heavy atom. The molecule has 2 atom stereocenters. The second-order valence-corrected chi connectivity index (χ2v) is 3.88. The minimum absolute atomic E-state index is 0.557. The van der Waals surface area contributed by atoms with E-state index in [-0.39, 0.29) is 0 Å². The maximum Gasteiger partial charge on any atom is 0.0541 e. The van der Waals surface area contributed by atoms with E-state index in [1.54, 1.807) is 0 Å². The highest BCUT2D eigenvalue weighted by Gasteiger charge is 2.08. The van der Waals surface area contributed by atoms with Gasteiger partial charge in [0.1, 0.15) is 0 Å². The van der Waals surface area contributed by atoms with E-state index in [0.29, 0.717) is 6.04 Å². The van der Waals surface area contributed by atoms with Crippen LogP contribution >= 0.6 is 0 Å². The first-order chi connectivity index (χ1) is 6.74. The molecule has 0 radical (unpaired) electrons. The van der Waals surface area contributed by atoms with E-state index >= 15 is 0 Å². The highest BCUT2D eigenvalue weighted by Crippen LogP contribution is 2.07. The lowest BCUT2D eigenvalue weighted by Crippen LogP contribution is -2.31. The van der Waals surface area contributed by atoms with Crippen molar-refractivity contribution in [1.29, 1.82) is 0 Å². The highest BCUT2D eigenvalue weighted by atomic mass is 14.9. The van der Waals surface area contributed by atoms with Gasteiger partial charge >= 0.3 is 0 Å². The standard InChI is InChI=1S/C12H20N2/c1-4-10(2)11(3)14-9-12-7-5-6-8-13-12/h5-8,10-11,14H,4,9H2,1-3H3. The van der Waals surface area contributed by atoms with E-state index in [1.807, 2.05) is 18.3 Å². The summed E-state index contributed by atoms with van der Waals surface area (Å²) in [6.07, 6.45) is 3.06. The Balaban J connectivity index is 2.34. The highest BCUT2D eigenvalue weighted by molar-refractivity contribution is 5.03. The van der Waals surface area contributed by atoms with Crippen LogP contribution in [0.15, 0.2) is 24.4 Å². The molecule has 2 nitrogen and oxygen atoms in total. The summed E-state index contributed by atoms with van der Waals surface area (Å²) in [4.78, 5) is 4.27. The summed E-state index contributed by atoms with van der Waals surface area (Å²) >= 11 is 0. The van der Waals surface area contributed by atoms with Gasteiger partial charge < -0.3 is 5.32 Å². The SMILES string of the molecule is CCC(C)C(C)NCc1ccccn1. The summed E-state index contributed by atoms with van der Waals surface area (Å²) in [5.74, 6) is 0.721. The number of hydrogen-bond donors (Lipinski definition) is 1. The Labute approximate surface area is 86.8 Å². The molecular formula is C12H20N2. The van der Waals surface area contributed by atoms with Gasteiger partial charge in [0.25, 0.3) is 0 Å². The topological polar surface area (TPSA) is 24.9 Å². The van der Waals surface area contributed by atoms with Gasteiger partial charge in [-0.1, -0.05) is 26.3 Å². The Hall–Kier alpha value is -0.890. The monoisotopic (exact) mass is 192 g/mol. The van der Waals surface area contributed by atoms with Gasteiger partial charge in [0.15, 0.2) is 0 Å².